The Morgan fingerprint density at radius 1 is 1.00 bits per heavy atom. The summed E-state index contributed by atoms with van der Waals surface area (Å²) >= 11 is 3.31. The van der Waals surface area contributed by atoms with Gasteiger partial charge in [-0.3, -0.25) is 20.4 Å². The van der Waals surface area contributed by atoms with Crippen molar-refractivity contribution in [2.24, 2.45) is 0 Å². The Morgan fingerprint density at radius 2 is 1.71 bits per heavy atom. The van der Waals surface area contributed by atoms with Crippen LogP contribution >= 0.6 is 15.9 Å². The fraction of sp³-hybridized carbons (Fsp3) is 0.176. The topological polar surface area (TPSA) is 76.7 Å². The highest BCUT2D eigenvalue weighted by atomic mass is 79.9. The number of amides is 2. The lowest BCUT2D eigenvalue weighted by Gasteiger charge is -2.11. The van der Waals surface area contributed by atoms with E-state index in [1.165, 1.54) is 0 Å². The van der Waals surface area contributed by atoms with Crippen LogP contribution in [0, 0.1) is 0 Å². The Morgan fingerprint density at radius 3 is 2.42 bits per heavy atom. The van der Waals surface area contributed by atoms with Gasteiger partial charge in [-0.2, -0.15) is 0 Å². The molecule has 2 N–H and O–H groups in total. The maximum absolute atomic E-state index is 12.1. The van der Waals surface area contributed by atoms with Crippen molar-refractivity contribution in [3.05, 3.63) is 58.6 Å². The van der Waals surface area contributed by atoms with Gasteiger partial charge in [0.1, 0.15) is 11.5 Å². The number of hydrogen-bond donors (Lipinski definition) is 2. The normalized spacial score (nSPS) is 9.92. The molecule has 0 unspecified atom stereocenters. The average Bonchev–Trinajstić information content (AvgIpc) is 2.60. The van der Waals surface area contributed by atoms with Crippen LogP contribution in [0.15, 0.2) is 53.0 Å². The Kier molecular flexibility index (Phi) is 6.62. The molecule has 0 atom stereocenters. The van der Waals surface area contributed by atoms with Gasteiger partial charge in [-0.25, -0.2) is 0 Å². The summed E-state index contributed by atoms with van der Waals surface area (Å²) < 4.78 is 11.6. The number of hydrazine groups is 1. The summed E-state index contributed by atoms with van der Waals surface area (Å²) in [4.78, 5) is 23.8. The molecule has 2 aromatic rings. The number of para-hydroxylation sites is 1. The van der Waals surface area contributed by atoms with Crippen LogP contribution < -0.4 is 20.3 Å². The zero-order valence-corrected chi connectivity index (χ0v) is 14.6. The highest BCUT2D eigenvalue weighted by Gasteiger charge is 2.12. The quantitative estimate of drug-likeness (QED) is 0.740. The van der Waals surface area contributed by atoms with E-state index in [4.69, 9.17) is 9.47 Å². The van der Waals surface area contributed by atoms with Gasteiger partial charge in [0, 0.05) is 4.47 Å². The van der Waals surface area contributed by atoms with Crippen molar-refractivity contribution in [3.8, 4) is 11.5 Å². The summed E-state index contributed by atoms with van der Waals surface area (Å²) in [5.41, 5.74) is 4.98. The third-order valence-electron chi connectivity index (χ3n) is 2.93. The zero-order chi connectivity index (χ0) is 17.4. The first kappa shape index (κ1) is 17.8. The van der Waals surface area contributed by atoms with E-state index in [0.29, 0.717) is 23.7 Å². The zero-order valence-electron chi connectivity index (χ0n) is 13.0. The van der Waals surface area contributed by atoms with Crippen molar-refractivity contribution < 1.29 is 19.1 Å². The molecule has 0 fully saturated rings. The number of benzene rings is 2. The minimum atomic E-state index is -0.472. The van der Waals surface area contributed by atoms with Crippen LogP contribution in [-0.2, 0) is 4.79 Å². The molecule has 0 radical (unpaired) electrons. The van der Waals surface area contributed by atoms with Gasteiger partial charge in [-0.1, -0.05) is 28.1 Å². The number of nitrogens with one attached hydrogen (secondary N) is 2. The second-order valence-electron chi connectivity index (χ2n) is 4.67. The van der Waals surface area contributed by atoms with Crippen LogP contribution in [0.3, 0.4) is 0 Å². The summed E-state index contributed by atoms with van der Waals surface area (Å²) in [6.45, 7) is 2.06. The van der Waals surface area contributed by atoms with Crippen molar-refractivity contribution in [3.63, 3.8) is 0 Å². The minimum Gasteiger partial charge on any atom is -0.493 e. The molecular formula is C17H17BrN2O4. The van der Waals surface area contributed by atoms with E-state index >= 15 is 0 Å². The molecule has 0 saturated heterocycles. The summed E-state index contributed by atoms with van der Waals surface area (Å²) in [6, 6.07) is 13.9. The molecule has 126 valence electrons. The van der Waals surface area contributed by atoms with Crippen LogP contribution in [0.2, 0.25) is 0 Å². The molecule has 0 aliphatic carbocycles. The molecule has 0 saturated carbocycles. The van der Waals surface area contributed by atoms with Gasteiger partial charge in [-0.15, -0.1) is 0 Å². The first-order valence-corrected chi connectivity index (χ1v) is 8.09. The lowest BCUT2D eigenvalue weighted by molar-refractivity contribution is -0.123. The van der Waals surface area contributed by atoms with E-state index in [1.54, 1.807) is 48.5 Å². The molecule has 0 spiro atoms. The molecule has 6 nitrogen and oxygen atoms in total. The monoisotopic (exact) mass is 392 g/mol. The van der Waals surface area contributed by atoms with Crippen molar-refractivity contribution in [2.75, 3.05) is 13.2 Å². The Hall–Kier alpha value is -2.54. The number of ether oxygens (including phenoxy) is 2. The Bertz CT molecular complexity index is 704. The van der Waals surface area contributed by atoms with Crippen LogP contribution in [-0.4, -0.2) is 25.0 Å². The average molecular weight is 393 g/mol. The highest BCUT2D eigenvalue weighted by Crippen LogP contribution is 2.17. The van der Waals surface area contributed by atoms with E-state index in [1.807, 2.05) is 6.92 Å². The molecule has 0 aliphatic rings. The molecule has 0 heterocycles. The predicted molar refractivity (Wildman–Crippen MR) is 92.9 cm³/mol. The van der Waals surface area contributed by atoms with Crippen molar-refractivity contribution >= 4 is 27.7 Å². The molecule has 2 aromatic carbocycles. The molecular weight excluding hydrogens is 376 g/mol. The molecule has 24 heavy (non-hydrogen) atoms. The van der Waals surface area contributed by atoms with Crippen LogP contribution in [0.4, 0.5) is 0 Å². The highest BCUT2D eigenvalue weighted by molar-refractivity contribution is 9.10. The summed E-state index contributed by atoms with van der Waals surface area (Å²) in [6.07, 6.45) is 0. The first-order chi connectivity index (χ1) is 11.6. The largest absolute Gasteiger partial charge is 0.493 e. The summed E-state index contributed by atoms with van der Waals surface area (Å²) in [5, 5.41) is 0. The van der Waals surface area contributed by atoms with Gasteiger partial charge in [0.2, 0.25) is 0 Å². The van der Waals surface area contributed by atoms with Crippen molar-refractivity contribution in [2.45, 2.75) is 6.92 Å². The molecule has 0 aliphatic heterocycles. The standard InChI is InChI=1S/C17H17BrN2O4/c1-2-23-15-6-4-3-5-14(15)17(22)20-19-16(21)11-24-13-9-7-12(18)8-10-13/h3-10H,2,11H2,1H3,(H,19,21)(H,20,22). The SMILES string of the molecule is CCOc1ccccc1C(=O)NNC(=O)COc1ccc(Br)cc1. The molecule has 0 aromatic heterocycles. The van der Waals surface area contributed by atoms with Crippen LogP contribution in [0.1, 0.15) is 17.3 Å². The van der Waals surface area contributed by atoms with E-state index < -0.39 is 11.8 Å². The number of halogens is 1. The predicted octanol–water partition coefficient (Wildman–Crippen LogP) is 2.69. The fourth-order valence-electron chi connectivity index (χ4n) is 1.85. The van der Waals surface area contributed by atoms with E-state index in [-0.39, 0.29) is 6.61 Å². The number of rotatable bonds is 6. The molecule has 7 heteroatoms. The van der Waals surface area contributed by atoms with Gasteiger partial charge >= 0.3 is 0 Å². The fourth-order valence-corrected chi connectivity index (χ4v) is 2.11. The lowest BCUT2D eigenvalue weighted by atomic mass is 10.2. The third kappa shape index (κ3) is 5.27. The minimum absolute atomic E-state index is 0.213. The number of carbonyl (C=O) groups excluding carboxylic acids is 2. The van der Waals surface area contributed by atoms with Gasteiger partial charge in [0.25, 0.3) is 11.8 Å². The third-order valence-corrected chi connectivity index (χ3v) is 3.46. The number of hydrogen-bond acceptors (Lipinski definition) is 4. The van der Waals surface area contributed by atoms with Crippen molar-refractivity contribution in [1.29, 1.82) is 0 Å². The Labute approximate surface area is 148 Å². The van der Waals surface area contributed by atoms with E-state index in [2.05, 4.69) is 26.8 Å². The molecule has 2 amide bonds. The smallest absolute Gasteiger partial charge is 0.276 e. The van der Waals surface area contributed by atoms with E-state index in [9.17, 15) is 9.59 Å². The maximum atomic E-state index is 12.1. The van der Waals surface area contributed by atoms with Gasteiger partial charge in [-0.05, 0) is 43.3 Å². The van der Waals surface area contributed by atoms with Gasteiger partial charge < -0.3 is 9.47 Å². The maximum Gasteiger partial charge on any atom is 0.276 e. The van der Waals surface area contributed by atoms with Gasteiger partial charge in [0.05, 0.1) is 12.2 Å². The number of carbonyl (C=O) groups is 2. The summed E-state index contributed by atoms with van der Waals surface area (Å²) in [7, 11) is 0. The van der Waals surface area contributed by atoms with E-state index in [0.717, 1.165) is 4.47 Å². The molecule has 0 bridgehead atoms. The molecule has 2 rings (SSSR count). The van der Waals surface area contributed by atoms with Crippen molar-refractivity contribution in [1.82, 2.24) is 10.9 Å². The lowest BCUT2D eigenvalue weighted by Crippen LogP contribution is -2.43. The van der Waals surface area contributed by atoms with Crippen LogP contribution in [0.5, 0.6) is 11.5 Å². The van der Waals surface area contributed by atoms with Gasteiger partial charge in [0.15, 0.2) is 6.61 Å². The second kappa shape index (κ2) is 8.93. The first-order valence-electron chi connectivity index (χ1n) is 7.29. The van der Waals surface area contributed by atoms with Crippen LogP contribution in [0.25, 0.3) is 0 Å². The summed E-state index contributed by atoms with van der Waals surface area (Å²) in [5.74, 6) is 0.0791. The second-order valence-corrected chi connectivity index (χ2v) is 5.59. The Balaban J connectivity index is 1.83.